The van der Waals surface area contributed by atoms with E-state index in [2.05, 4.69) is 5.32 Å². The first kappa shape index (κ1) is 26.1. The molecule has 10 nitrogen and oxygen atoms in total. The Bertz CT molecular complexity index is 688. The number of rotatable bonds is 11. The van der Waals surface area contributed by atoms with E-state index in [1.165, 1.54) is 9.80 Å². The highest BCUT2D eigenvalue weighted by Gasteiger charge is 2.44. The van der Waals surface area contributed by atoms with E-state index in [9.17, 15) is 24.3 Å². The van der Waals surface area contributed by atoms with Crippen LogP contribution >= 0.6 is 0 Å². The second kappa shape index (κ2) is 12.2. The number of unbranched alkanes of at least 4 members (excludes halogenated alkanes) is 1. The average Bonchev–Trinajstić information content (AvgIpc) is 3.45. The van der Waals surface area contributed by atoms with Crippen LogP contribution in [0.25, 0.3) is 0 Å². The van der Waals surface area contributed by atoms with Crippen LogP contribution in [0.4, 0.5) is 0 Å². The molecule has 0 aromatic carbocycles. The van der Waals surface area contributed by atoms with Gasteiger partial charge in [0.05, 0.1) is 6.04 Å². The Kier molecular flexibility index (Phi) is 9.89. The predicted octanol–water partition coefficient (Wildman–Crippen LogP) is 0.0402. The highest BCUT2D eigenvalue weighted by molar-refractivity contribution is 5.94. The van der Waals surface area contributed by atoms with E-state index in [-0.39, 0.29) is 23.6 Å². The van der Waals surface area contributed by atoms with Crippen LogP contribution in [0, 0.1) is 5.92 Å². The summed E-state index contributed by atoms with van der Waals surface area (Å²) in [5.41, 5.74) is 11.5. The Labute approximate surface area is 190 Å². The number of nitrogens with one attached hydrogen (secondary N) is 1. The summed E-state index contributed by atoms with van der Waals surface area (Å²) < 4.78 is 0. The van der Waals surface area contributed by atoms with Crippen LogP contribution in [-0.2, 0) is 19.2 Å². The fraction of sp³-hybridized carbons (Fsp3) is 0.818. The summed E-state index contributed by atoms with van der Waals surface area (Å²) in [6, 6.07) is -3.03. The zero-order chi connectivity index (χ0) is 23.8. The maximum absolute atomic E-state index is 13.5. The number of aliphatic carboxylic acids is 1. The van der Waals surface area contributed by atoms with Crippen molar-refractivity contribution in [2.45, 2.75) is 89.4 Å². The quantitative estimate of drug-likeness (QED) is 0.321. The van der Waals surface area contributed by atoms with E-state index >= 15 is 0 Å². The number of nitrogens with zero attached hydrogens (tertiary/aromatic N) is 2. The van der Waals surface area contributed by atoms with Crippen molar-refractivity contribution in [3.8, 4) is 0 Å². The zero-order valence-electron chi connectivity index (χ0n) is 19.3. The van der Waals surface area contributed by atoms with Gasteiger partial charge in [-0.05, 0) is 51.0 Å². The molecule has 2 heterocycles. The molecule has 0 saturated carbocycles. The molecular formula is C22H39N5O5. The number of carboxylic acid groups (broad SMARTS) is 1. The number of carbonyl (C=O) groups excluding carboxylic acids is 3. The van der Waals surface area contributed by atoms with Crippen molar-refractivity contribution < 1.29 is 24.3 Å². The van der Waals surface area contributed by atoms with E-state index in [1.807, 2.05) is 13.8 Å². The zero-order valence-corrected chi connectivity index (χ0v) is 19.3. The number of hydrogen-bond donors (Lipinski definition) is 4. The fourth-order valence-corrected chi connectivity index (χ4v) is 4.53. The van der Waals surface area contributed by atoms with Crippen LogP contribution < -0.4 is 16.8 Å². The second-order valence-corrected chi connectivity index (χ2v) is 8.98. The Hall–Kier alpha value is -2.20. The van der Waals surface area contributed by atoms with E-state index in [0.717, 1.165) is 12.8 Å². The van der Waals surface area contributed by atoms with Gasteiger partial charge in [-0.25, -0.2) is 4.79 Å². The van der Waals surface area contributed by atoms with Crippen molar-refractivity contribution in [3.63, 3.8) is 0 Å². The first-order valence-corrected chi connectivity index (χ1v) is 11.8. The summed E-state index contributed by atoms with van der Waals surface area (Å²) in [5, 5.41) is 12.3. The average molecular weight is 454 g/mol. The fourth-order valence-electron chi connectivity index (χ4n) is 4.53. The lowest BCUT2D eigenvalue weighted by molar-refractivity contribution is -0.152. The smallest absolute Gasteiger partial charge is 0.326 e. The van der Waals surface area contributed by atoms with Crippen molar-refractivity contribution in [1.82, 2.24) is 15.1 Å². The van der Waals surface area contributed by atoms with Crippen molar-refractivity contribution >= 4 is 23.7 Å². The van der Waals surface area contributed by atoms with Gasteiger partial charge < -0.3 is 31.7 Å². The summed E-state index contributed by atoms with van der Waals surface area (Å²) in [6.45, 7) is 5.15. The summed E-state index contributed by atoms with van der Waals surface area (Å²) in [5.74, 6) is -2.15. The molecule has 32 heavy (non-hydrogen) atoms. The Morgan fingerprint density at radius 3 is 2.28 bits per heavy atom. The van der Waals surface area contributed by atoms with Crippen LogP contribution in [-0.4, -0.2) is 82.4 Å². The van der Waals surface area contributed by atoms with Crippen LogP contribution in [0.5, 0.6) is 0 Å². The first-order chi connectivity index (χ1) is 15.2. The van der Waals surface area contributed by atoms with Gasteiger partial charge in [0.15, 0.2) is 0 Å². The molecule has 0 aromatic heterocycles. The third-order valence-corrected chi connectivity index (χ3v) is 6.72. The van der Waals surface area contributed by atoms with Gasteiger partial charge in [-0.1, -0.05) is 26.7 Å². The standard InChI is InChI=1S/C22H39N5O5/c1-3-14(2)18(25-19(28)15(24)8-4-5-11-23)21(30)26-12-6-9-16(26)20(29)27-13-7-10-17(27)22(31)32/h14-18H,3-13,23-24H2,1-2H3,(H,25,28)(H,31,32)/t14-,15-,16-,17-,18-/m0/s1. The predicted molar refractivity (Wildman–Crippen MR) is 119 cm³/mol. The van der Waals surface area contributed by atoms with Gasteiger partial charge in [0.25, 0.3) is 0 Å². The lowest BCUT2D eigenvalue weighted by Crippen LogP contribution is -2.58. The van der Waals surface area contributed by atoms with Crippen LogP contribution in [0.2, 0.25) is 0 Å². The molecule has 5 atom stereocenters. The number of amides is 3. The van der Waals surface area contributed by atoms with Crippen molar-refractivity contribution in [1.29, 1.82) is 0 Å². The molecule has 2 saturated heterocycles. The molecule has 0 aromatic rings. The first-order valence-electron chi connectivity index (χ1n) is 11.8. The minimum absolute atomic E-state index is 0.141. The minimum atomic E-state index is -1.01. The molecule has 6 N–H and O–H groups in total. The highest BCUT2D eigenvalue weighted by atomic mass is 16.4. The molecule has 2 aliphatic rings. The maximum Gasteiger partial charge on any atom is 0.326 e. The Morgan fingerprint density at radius 2 is 1.69 bits per heavy atom. The van der Waals surface area contributed by atoms with E-state index in [0.29, 0.717) is 58.2 Å². The molecule has 2 fully saturated rings. The van der Waals surface area contributed by atoms with E-state index in [4.69, 9.17) is 11.5 Å². The van der Waals surface area contributed by atoms with Gasteiger partial charge >= 0.3 is 5.97 Å². The maximum atomic E-state index is 13.5. The normalized spacial score (nSPS) is 23.6. The summed E-state index contributed by atoms with van der Waals surface area (Å²) in [6.07, 6.45) is 4.88. The molecule has 182 valence electrons. The van der Waals surface area contributed by atoms with Crippen molar-refractivity contribution in [3.05, 3.63) is 0 Å². The number of carbonyl (C=O) groups is 4. The van der Waals surface area contributed by atoms with Gasteiger partial charge in [0, 0.05) is 13.1 Å². The number of nitrogens with two attached hydrogens (primary N) is 2. The molecule has 0 unspecified atom stereocenters. The largest absolute Gasteiger partial charge is 0.480 e. The third-order valence-electron chi connectivity index (χ3n) is 6.72. The van der Waals surface area contributed by atoms with E-state index < -0.39 is 30.1 Å². The molecule has 10 heteroatoms. The highest BCUT2D eigenvalue weighted by Crippen LogP contribution is 2.26. The van der Waals surface area contributed by atoms with Crippen LogP contribution in [0.15, 0.2) is 0 Å². The third kappa shape index (κ3) is 6.19. The van der Waals surface area contributed by atoms with Crippen LogP contribution in [0.3, 0.4) is 0 Å². The SMILES string of the molecule is CC[C@H](C)[C@H](NC(=O)[C@@H](N)CCCCN)C(=O)N1CCC[C@H]1C(=O)N1CCC[C@H]1C(=O)O. The molecule has 2 rings (SSSR count). The number of likely N-dealkylation sites (tertiary alicyclic amines) is 2. The van der Waals surface area contributed by atoms with Crippen molar-refractivity contribution in [2.75, 3.05) is 19.6 Å². The van der Waals surface area contributed by atoms with Crippen molar-refractivity contribution in [2.24, 2.45) is 17.4 Å². The lowest BCUT2D eigenvalue weighted by atomic mass is 9.96. The van der Waals surface area contributed by atoms with Crippen LogP contribution in [0.1, 0.15) is 65.2 Å². The molecule has 0 aliphatic carbocycles. The molecule has 0 spiro atoms. The monoisotopic (exact) mass is 453 g/mol. The minimum Gasteiger partial charge on any atom is -0.480 e. The van der Waals surface area contributed by atoms with E-state index in [1.54, 1.807) is 0 Å². The molecule has 0 bridgehead atoms. The lowest BCUT2D eigenvalue weighted by Gasteiger charge is -2.34. The number of hydrogen-bond acceptors (Lipinski definition) is 6. The molecule has 0 radical (unpaired) electrons. The topological polar surface area (TPSA) is 159 Å². The Morgan fingerprint density at radius 1 is 1.06 bits per heavy atom. The second-order valence-electron chi connectivity index (χ2n) is 8.98. The summed E-state index contributed by atoms with van der Waals surface area (Å²) in [7, 11) is 0. The molecule has 3 amide bonds. The summed E-state index contributed by atoms with van der Waals surface area (Å²) in [4.78, 5) is 53.7. The van der Waals surface area contributed by atoms with Gasteiger partial charge in [0.1, 0.15) is 18.1 Å². The van der Waals surface area contributed by atoms with Gasteiger partial charge in [0.2, 0.25) is 17.7 Å². The number of carboxylic acids is 1. The Balaban J connectivity index is 2.11. The molecule has 2 aliphatic heterocycles. The van der Waals surface area contributed by atoms with Gasteiger partial charge in [-0.15, -0.1) is 0 Å². The summed E-state index contributed by atoms with van der Waals surface area (Å²) >= 11 is 0. The van der Waals surface area contributed by atoms with Gasteiger partial charge in [-0.2, -0.15) is 0 Å². The van der Waals surface area contributed by atoms with Gasteiger partial charge in [-0.3, -0.25) is 14.4 Å². The molecular weight excluding hydrogens is 414 g/mol.